The minimum Gasteiger partial charge on any atom is -0.350 e. The predicted octanol–water partition coefficient (Wildman–Crippen LogP) is 1.48. The summed E-state index contributed by atoms with van der Waals surface area (Å²) in [5, 5.41) is 6.07. The minimum atomic E-state index is -0.132. The van der Waals surface area contributed by atoms with Crippen LogP contribution < -0.4 is 10.6 Å². The van der Waals surface area contributed by atoms with E-state index in [0.717, 1.165) is 12.0 Å². The number of carbonyl (C=O) groups is 1. The monoisotopic (exact) mass is 235 g/mol. The second kappa shape index (κ2) is 6.35. The summed E-state index contributed by atoms with van der Waals surface area (Å²) in [7, 11) is 0. The second-order valence-corrected chi connectivity index (χ2v) is 4.75. The first-order chi connectivity index (χ1) is 8.03. The molecule has 1 aromatic heterocycles. The summed E-state index contributed by atoms with van der Waals surface area (Å²) < 4.78 is 0. The van der Waals surface area contributed by atoms with Gasteiger partial charge in [0.25, 0.3) is 0 Å². The Balaban J connectivity index is 2.25. The van der Waals surface area contributed by atoms with E-state index >= 15 is 0 Å². The van der Waals surface area contributed by atoms with Crippen molar-refractivity contribution in [2.45, 2.75) is 39.3 Å². The highest BCUT2D eigenvalue weighted by atomic mass is 16.2. The third kappa shape index (κ3) is 5.45. The highest BCUT2D eigenvalue weighted by Gasteiger charge is 2.16. The molecule has 0 bridgehead atoms. The Hall–Kier alpha value is -1.42. The van der Waals surface area contributed by atoms with E-state index in [1.807, 2.05) is 26.0 Å². The summed E-state index contributed by atoms with van der Waals surface area (Å²) >= 11 is 0. The first kappa shape index (κ1) is 13.6. The molecule has 0 aromatic carbocycles. The average Bonchev–Trinajstić information content (AvgIpc) is 2.30. The van der Waals surface area contributed by atoms with Crippen molar-refractivity contribution in [2.75, 3.05) is 6.54 Å². The molecular weight excluding hydrogens is 214 g/mol. The Morgan fingerprint density at radius 1 is 1.47 bits per heavy atom. The lowest BCUT2D eigenvalue weighted by molar-refractivity contribution is -0.121. The lowest BCUT2D eigenvalue weighted by atomic mass is 10.0. The Kier molecular flexibility index (Phi) is 5.10. The van der Waals surface area contributed by atoms with Gasteiger partial charge in [-0.15, -0.1) is 0 Å². The quantitative estimate of drug-likeness (QED) is 0.785. The van der Waals surface area contributed by atoms with Crippen LogP contribution in [0.5, 0.6) is 0 Å². The van der Waals surface area contributed by atoms with Gasteiger partial charge in [-0.2, -0.15) is 0 Å². The smallest absolute Gasteiger partial charge is 0.234 e. The Labute approximate surface area is 103 Å². The van der Waals surface area contributed by atoms with Gasteiger partial charge in [0.05, 0.1) is 6.54 Å². The van der Waals surface area contributed by atoms with E-state index in [4.69, 9.17) is 0 Å². The van der Waals surface area contributed by atoms with Crippen LogP contribution >= 0.6 is 0 Å². The molecule has 0 spiro atoms. The van der Waals surface area contributed by atoms with Crippen LogP contribution in [0.3, 0.4) is 0 Å². The fourth-order valence-electron chi connectivity index (χ4n) is 1.33. The number of carbonyl (C=O) groups excluding carboxylic acids is 1. The van der Waals surface area contributed by atoms with Gasteiger partial charge in [0.2, 0.25) is 5.91 Å². The van der Waals surface area contributed by atoms with Gasteiger partial charge < -0.3 is 10.6 Å². The number of rotatable bonds is 6. The Morgan fingerprint density at radius 2 is 2.24 bits per heavy atom. The molecule has 0 aliphatic carbocycles. The highest BCUT2D eigenvalue weighted by molar-refractivity contribution is 5.78. The van der Waals surface area contributed by atoms with Crippen LogP contribution in [0.2, 0.25) is 0 Å². The van der Waals surface area contributed by atoms with Gasteiger partial charge >= 0.3 is 0 Å². The van der Waals surface area contributed by atoms with Crippen molar-refractivity contribution in [3.8, 4) is 0 Å². The highest BCUT2D eigenvalue weighted by Crippen LogP contribution is 2.05. The van der Waals surface area contributed by atoms with E-state index in [1.165, 1.54) is 0 Å². The standard InChI is InChI=1S/C13H21N3O/c1-4-13(2,3)16-12(17)10-15-9-11-6-5-7-14-8-11/h5-8,15H,4,9-10H2,1-3H3,(H,16,17). The molecule has 1 amide bonds. The average molecular weight is 235 g/mol. The van der Waals surface area contributed by atoms with E-state index in [0.29, 0.717) is 13.1 Å². The molecule has 0 radical (unpaired) electrons. The zero-order chi connectivity index (χ0) is 12.7. The second-order valence-electron chi connectivity index (χ2n) is 4.75. The first-order valence-electron chi connectivity index (χ1n) is 5.94. The van der Waals surface area contributed by atoms with Gasteiger partial charge in [-0.3, -0.25) is 9.78 Å². The lowest BCUT2D eigenvalue weighted by Gasteiger charge is -2.24. The van der Waals surface area contributed by atoms with Crippen molar-refractivity contribution in [3.05, 3.63) is 30.1 Å². The van der Waals surface area contributed by atoms with Crippen molar-refractivity contribution < 1.29 is 4.79 Å². The number of nitrogens with zero attached hydrogens (tertiary/aromatic N) is 1. The molecule has 17 heavy (non-hydrogen) atoms. The maximum Gasteiger partial charge on any atom is 0.234 e. The van der Waals surface area contributed by atoms with Gasteiger partial charge in [0.15, 0.2) is 0 Å². The van der Waals surface area contributed by atoms with Crippen molar-refractivity contribution in [1.82, 2.24) is 15.6 Å². The van der Waals surface area contributed by atoms with Gasteiger partial charge in [0, 0.05) is 24.5 Å². The molecule has 0 aliphatic heterocycles. The van der Waals surface area contributed by atoms with Crippen LogP contribution in [-0.4, -0.2) is 23.0 Å². The van der Waals surface area contributed by atoms with E-state index in [9.17, 15) is 4.79 Å². The third-order valence-electron chi connectivity index (χ3n) is 2.70. The lowest BCUT2D eigenvalue weighted by Crippen LogP contribution is -2.46. The summed E-state index contributed by atoms with van der Waals surface area (Å²) in [6.07, 6.45) is 4.45. The number of hydrogen-bond donors (Lipinski definition) is 2. The van der Waals surface area contributed by atoms with Gasteiger partial charge in [0.1, 0.15) is 0 Å². The largest absolute Gasteiger partial charge is 0.350 e. The fourth-order valence-corrected chi connectivity index (χ4v) is 1.33. The first-order valence-corrected chi connectivity index (χ1v) is 5.94. The fraction of sp³-hybridized carbons (Fsp3) is 0.538. The molecular formula is C13H21N3O. The van der Waals surface area contributed by atoms with Crippen molar-refractivity contribution in [2.24, 2.45) is 0 Å². The molecule has 1 rings (SSSR count). The normalized spacial score (nSPS) is 11.2. The number of amides is 1. The maximum absolute atomic E-state index is 11.6. The SMILES string of the molecule is CCC(C)(C)NC(=O)CNCc1cccnc1. The number of aromatic nitrogens is 1. The maximum atomic E-state index is 11.6. The molecule has 0 fully saturated rings. The molecule has 0 aliphatic rings. The molecule has 0 unspecified atom stereocenters. The van der Waals surface area contributed by atoms with Crippen LogP contribution in [0, 0.1) is 0 Å². The molecule has 1 heterocycles. The van der Waals surface area contributed by atoms with Gasteiger partial charge in [-0.25, -0.2) is 0 Å². The van der Waals surface area contributed by atoms with E-state index in [2.05, 4.69) is 22.5 Å². The van der Waals surface area contributed by atoms with Crippen molar-refractivity contribution in [3.63, 3.8) is 0 Å². The zero-order valence-electron chi connectivity index (χ0n) is 10.8. The van der Waals surface area contributed by atoms with Crippen LogP contribution in [-0.2, 0) is 11.3 Å². The summed E-state index contributed by atoms with van der Waals surface area (Å²) in [4.78, 5) is 15.6. The third-order valence-corrected chi connectivity index (χ3v) is 2.70. The Bertz CT molecular complexity index is 349. The van der Waals surface area contributed by atoms with Crippen LogP contribution in [0.25, 0.3) is 0 Å². The number of nitrogens with one attached hydrogen (secondary N) is 2. The van der Waals surface area contributed by atoms with Crippen LogP contribution in [0.15, 0.2) is 24.5 Å². The van der Waals surface area contributed by atoms with Crippen LogP contribution in [0.4, 0.5) is 0 Å². The number of hydrogen-bond acceptors (Lipinski definition) is 3. The molecule has 0 saturated heterocycles. The van der Waals surface area contributed by atoms with E-state index < -0.39 is 0 Å². The molecule has 2 N–H and O–H groups in total. The van der Waals surface area contributed by atoms with Crippen molar-refractivity contribution >= 4 is 5.91 Å². The molecule has 0 saturated carbocycles. The molecule has 1 aromatic rings. The molecule has 4 heteroatoms. The molecule has 0 atom stereocenters. The van der Waals surface area contributed by atoms with Gasteiger partial charge in [-0.05, 0) is 31.9 Å². The van der Waals surface area contributed by atoms with Gasteiger partial charge in [-0.1, -0.05) is 13.0 Å². The summed E-state index contributed by atoms with van der Waals surface area (Å²) in [6.45, 7) is 7.09. The number of pyridine rings is 1. The predicted molar refractivity (Wildman–Crippen MR) is 68.5 cm³/mol. The summed E-state index contributed by atoms with van der Waals surface area (Å²) in [5.74, 6) is 0.0285. The minimum absolute atomic E-state index is 0.0285. The zero-order valence-corrected chi connectivity index (χ0v) is 10.8. The molecule has 4 nitrogen and oxygen atoms in total. The van der Waals surface area contributed by atoms with Crippen molar-refractivity contribution in [1.29, 1.82) is 0 Å². The topological polar surface area (TPSA) is 54.0 Å². The molecule has 94 valence electrons. The van der Waals surface area contributed by atoms with Crippen LogP contribution in [0.1, 0.15) is 32.8 Å². The summed E-state index contributed by atoms with van der Waals surface area (Å²) in [5.41, 5.74) is 0.947. The van der Waals surface area contributed by atoms with E-state index in [-0.39, 0.29) is 11.4 Å². The van der Waals surface area contributed by atoms with E-state index in [1.54, 1.807) is 12.4 Å². The Morgan fingerprint density at radius 3 is 2.82 bits per heavy atom. The summed E-state index contributed by atoms with van der Waals surface area (Å²) in [6, 6.07) is 3.87.